The van der Waals surface area contributed by atoms with Crippen molar-refractivity contribution in [3.63, 3.8) is 0 Å². The zero-order valence-corrected chi connectivity index (χ0v) is 8.96. The highest BCUT2D eigenvalue weighted by molar-refractivity contribution is 7.81. The number of rotatable bonds is 3. The van der Waals surface area contributed by atoms with E-state index >= 15 is 0 Å². The van der Waals surface area contributed by atoms with E-state index in [-0.39, 0.29) is 10.9 Å². The Labute approximate surface area is 85.2 Å². The number of hydrogen-bond acceptors (Lipinski definition) is 2. The first-order valence-electron chi connectivity index (χ1n) is 4.48. The SMILES string of the molecule is C[C@H](O)C[C@@](C)(S)c1ccccc1. The number of aliphatic hydroxyl groups is 1. The van der Waals surface area contributed by atoms with Crippen LogP contribution in [0.5, 0.6) is 0 Å². The Morgan fingerprint density at radius 3 is 2.38 bits per heavy atom. The average Bonchev–Trinajstić information content (AvgIpc) is 2.04. The lowest BCUT2D eigenvalue weighted by Crippen LogP contribution is -2.20. The fraction of sp³-hybridized carbons (Fsp3) is 0.455. The summed E-state index contributed by atoms with van der Waals surface area (Å²) in [5, 5.41) is 9.30. The van der Waals surface area contributed by atoms with E-state index in [2.05, 4.69) is 12.6 Å². The predicted molar refractivity (Wildman–Crippen MR) is 59.1 cm³/mol. The van der Waals surface area contributed by atoms with Crippen LogP contribution in [0.15, 0.2) is 30.3 Å². The van der Waals surface area contributed by atoms with Gasteiger partial charge in [0.25, 0.3) is 0 Å². The lowest BCUT2D eigenvalue weighted by Gasteiger charge is -2.25. The Bertz CT molecular complexity index is 254. The van der Waals surface area contributed by atoms with E-state index in [1.807, 2.05) is 37.3 Å². The van der Waals surface area contributed by atoms with Crippen LogP contribution in [0.3, 0.4) is 0 Å². The summed E-state index contributed by atoms with van der Waals surface area (Å²) in [6, 6.07) is 10.0. The predicted octanol–water partition coefficient (Wildman–Crippen LogP) is 2.60. The number of thiol groups is 1. The third-order valence-electron chi connectivity index (χ3n) is 2.09. The molecule has 0 aliphatic carbocycles. The lowest BCUT2D eigenvalue weighted by molar-refractivity contribution is 0.171. The molecule has 0 radical (unpaired) electrons. The maximum atomic E-state index is 9.30. The molecule has 72 valence electrons. The molecule has 0 unspecified atom stereocenters. The molecule has 0 amide bonds. The summed E-state index contributed by atoms with van der Waals surface area (Å²) in [5.41, 5.74) is 1.15. The average molecular weight is 196 g/mol. The molecule has 13 heavy (non-hydrogen) atoms. The zero-order valence-electron chi connectivity index (χ0n) is 8.07. The maximum Gasteiger partial charge on any atom is 0.0528 e. The van der Waals surface area contributed by atoms with Gasteiger partial charge in [0.1, 0.15) is 0 Å². The Kier molecular flexibility index (Phi) is 3.40. The van der Waals surface area contributed by atoms with E-state index in [0.29, 0.717) is 6.42 Å². The van der Waals surface area contributed by atoms with Gasteiger partial charge in [-0.15, -0.1) is 0 Å². The van der Waals surface area contributed by atoms with E-state index in [9.17, 15) is 5.11 Å². The van der Waals surface area contributed by atoms with Gasteiger partial charge in [-0.25, -0.2) is 0 Å². The van der Waals surface area contributed by atoms with Crippen molar-refractivity contribution >= 4 is 12.6 Å². The standard InChI is InChI=1S/C11H16OS/c1-9(12)8-11(2,13)10-6-4-3-5-7-10/h3-7,9,12-13H,8H2,1-2H3/t9-,11+/m0/s1. The van der Waals surface area contributed by atoms with E-state index in [1.165, 1.54) is 0 Å². The maximum absolute atomic E-state index is 9.30. The van der Waals surface area contributed by atoms with Gasteiger partial charge in [-0.05, 0) is 25.8 Å². The summed E-state index contributed by atoms with van der Waals surface area (Å²) < 4.78 is -0.241. The molecule has 0 bridgehead atoms. The highest BCUT2D eigenvalue weighted by atomic mass is 32.1. The second-order valence-electron chi connectivity index (χ2n) is 3.69. The van der Waals surface area contributed by atoms with Crippen molar-refractivity contribution < 1.29 is 5.11 Å². The molecule has 0 fully saturated rings. The molecule has 1 N–H and O–H groups in total. The van der Waals surface area contributed by atoms with Gasteiger partial charge in [-0.3, -0.25) is 0 Å². The van der Waals surface area contributed by atoms with Crippen LogP contribution in [-0.2, 0) is 4.75 Å². The lowest BCUT2D eigenvalue weighted by atomic mass is 9.94. The van der Waals surface area contributed by atoms with E-state index in [4.69, 9.17) is 0 Å². The van der Waals surface area contributed by atoms with E-state index in [1.54, 1.807) is 6.92 Å². The topological polar surface area (TPSA) is 20.2 Å². The normalized spacial score (nSPS) is 17.8. The van der Waals surface area contributed by atoms with E-state index in [0.717, 1.165) is 5.56 Å². The van der Waals surface area contributed by atoms with Gasteiger partial charge in [0, 0.05) is 4.75 Å². The molecule has 0 aliphatic rings. The van der Waals surface area contributed by atoms with E-state index < -0.39 is 0 Å². The van der Waals surface area contributed by atoms with Gasteiger partial charge in [0.05, 0.1) is 6.10 Å². The van der Waals surface area contributed by atoms with Gasteiger partial charge < -0.3 is 5.11 Å². The molecule has 1 rings (SSSR count). The fourth-order valence-corrected chi connectivity index (χ4v) is 1.90. The van der Waals surface area contributed by atoms with Gasteiger partial charge in [-0.1, -0.05) is 30.3 Å². The highest BCUT2D eigenvalue weighted by Crippen LogP contribution is 2.32. The van der Waals surface area contributed by atoms with Crippen LogP contribution in [0.4, 0.5) is 0 Å². The molecule has 1 nitrogen and oxygen atoms in total. The van der Waals surface area contributed by atoms with Crippen LogP contribution in [0.2, 0.25) is 0 Å². The molecule has 0 aliphatic heterocycles. The molecule has 1 aromatic carbocycles. The van der Waals surface area contributed by atoms with Crippen molar-refractivity contribution in [3.8, 4) is 0 Å². The molecule has 0 heterocycles. The van der Waals surface area contributed by atoms with Gasteiger partial charge in [0.2, 0.25) is 0 Å². The van der Waals surface area contributed by atoms with Crippen molar-refractivity contribution in [1.29, 1.82) is 0 Å². The monoisotopic (exact) mass is 196 g/mol. The largest absolute Gasteiger partial charge is 0.393 e. The summed E-state index contributed by atoms with van der Waals surface area (Å²) in [5.74, 6) is 0. The molecule has 2 atom stereocenters. The fourth-order valence-electron chi connectivity index (χ4n) is 1.49. The molecule has 0 saturated carbocycles. The number of benzene rings is 1. The third-order valence-corrected chi connectivity index (χ3v) is 2.53. The molecular weight excluding hydrogens is 180 g/mol. The minimum atomic E-state index is -0.317. The number of hydrogen-bond donors (Lipinski definition) is 2. The Balaban J connectivity index is 2.81. The number of aliphatic hydroxyl groups excluding tert-OH is 1. The summed E-state index contributed by atoms with van der Waals surface area (Å²) in [7, 11) is 0. The summed E-state index contributed by atoms with van der Waals surface area (Å²) in [6.07, 6.45) is 0.350. The van der Waals surface area contributed by atoms with Crippen LogP contribution in [0, 0.1) is 0 Å². The molecule has 0 saturated heterocycles. The molecule has 0 aromatic heterocycles. The summed E-state index contributed by atoms with van der Waals surface area (Å²) >= 11 is 4.56. The smallest absolute Gasteiger partial charge is 0.0528 e. The molecule has 1 aromatic rings. The van der Waals surface area contributed by atoms with Gasteiger partial charge in [-0.2, -0.15) is 12.6 Å². The first-order chi connectivity index (χ1) is 6.02. The van der Waals surface area contributed by atoms with Gasteiger partial charge >= 0.3 is 0 Å². The second kappa shape index (κ2) is 4.16. The Hall–Kier alpha value is -0.470. The van der Waals surface area contributed by atoms with Crippen LogP contribution in [0.1, 0.15) is 25.8 Å². The van der Waals surface area contributed by atoms with Gasteiger partial charge in [0.15, 0.2) is 0 Å². The summed E-state index contributed by atoms with van der Waals surface area (Å²) in [4.78, 5) is 0. The van der Waals surface area contributed by atoms with Crippen LogP contribution < -0.4 is 0 Å². The molecule has 0 spiro atoms. The first kappa shape index (κ1) is 10.6. The zero-order chi connectivity index (χ0) is 9.90. The highest BCUT2D eigenvalue weighted by Gasteiger charge is 2.23. The van der Waals surface area contributed by atoms with Crippen LogP contribution in [-0.4, -0.2) is 11.2 Å². The minimum absolute atomic E-state index is 0.241. The summed E-state index contributed by atoms with van der Waals surface area (Å²) in [6.45, 7) is 3.82. The quantitative estimate of drug-likeness (QED) is 0.712. The first-order valence-corrected chi connectivity index (χ1v) is 4.93. The van der Waals surface area contributed by atoms with Crippen molar-refractivity contribution in [2.75, 3.05) is 0 Å². The van der Waals surface area contributed by atoms with Crippen molar-refractivity contribution in [3.05, 3.63) is 35.9 Å². The third kappa shape index (κ3) is 3.05. The molecular formula is C11H16OS. The Morgan fingerprint density at radius 2 is 1.92 bits per heavy atom. The molecule has 2 heteroatoms. The van der Waals surface area contributed by atoms with Crippen LogP contribution in [0.25, 0.3) is 0 Å². The van der Waals surface area contributed by atoms with Crippen molar-refractivity contribution in [2.24, 2.45) is 0 Å². The second-order valence-corrected chi connectivity index (χ2v) is 4.68. The minimum Gasteiger partial charge on any atom is -0.393 e. The Morgan fingerprint density at radius 1 is 1.38 bits per heavy atom. The van der Waals surface area contributed by atoms with Crippen molar-refractivity contribution in [2.45, 2.75) is 31.1 Å². The van der Waals surface area contributed by atoms with Crippen molar-refractivity contribution in [1.82, 2.24) is 0 Å². The van der Waals surface area contributed by atoms with Crippen LogP contribution >= 0.6 is 12.6 Å².